The number of aromatic nitrogens is 1. The lowest BCUT2D eigenvalue weighted by atomic mass is 10.2. The minimum absolute atomic E-state index is 0.152. The number of thiophene rings is 1. The molecule has 0 atom stereocenters. The van der Waals surface area contributed by atoms with Crippen LogP contribution in [0.2, 0.25) is 0 Å². The zero-order valence-corrected chi connectivity index (χ0v) is 10.2. The molecule has 0 saturated carbocycles. The number of carbonyl (C=O) groups is 1. The van der Waals surface area contributed by atoms with Gasteiger partial charge in [-0.1, -0.05) is 0 Å². The van der Waals surface area contributed by atoms with Crippen LogP contribution in [0.1, 0.15) is 22.8 Å². The van der Waals surface area contributed by atoms with E-state index in [4.69, 9.17) is 4.74 Å². The summed E-state index contributed by atoms with van der Waals surface area (Å²) in [5.41, 5.74) is 0.453. The second kappa shape index (κ2) is 4.21. The largest absolute Gasteiger partial charge is 0.505 e. The molecule has 17 heavy (non-hydrogen) atoms. The molecule has 0 saturated heterocycles. The molecule has 90 valence electrons. The van der Waals surface area contributed by atoms with Gasteiger partial charge in [0.1, 0.15) is 0 Å². The average molecular weight is 253 g/mol. The van der Waals surface area contributed by atoms with E-state index >= 15 is 0 Å². The number of aryl methyl sites for hydroxylation is 1. The van der Waals surface area contributed by atoms with Gasteiger partial charge < -0.3 is 14.8 Å². The first-order valence-electron chi connectivity index (χ1n) is 5.06. The molecule has 0 bridgehead atoms. The van der Waals surface area contributed by atoms with Crippen molar-refractivity contribution in [2.75, 3.05) is 6.61 Å². The Hall–Kier alpha value is -1.82. The fourth-order valence-corrected chi connectivity index (χ4v) is 2.52. The van der Waals surface area contributed by atoms with Crippen molar-refractivity contribution in [2.45, 2.75) is 13.8 Å². The fourth-order valence-electron chi connectivity index (χ4n) is 1.56. The van der Waals surface area contributed by atoms with Gasteiger partial charge in [-0.15, -0.1) is 11.3 Å². The van der Waals surface area contributed by atoms with E-state index < -0.39 is 11.5 Å². The smallest absolute Gasteiger partial charge is 0.347 e. The van der Waals surface area contributed by atoms with Gasteiger partial charge in [-0.3, -0.25) is 4.79 Å². The lowest BCUT2D eigenvalue weighted by molar-refractivity contribution is 0.0521. The topological polar surface area (TPSA) is 79.4 Å². The van der Waals surface area contributed by atoms with E-state index in [1.807, 2.05) is 6.92 Å². The molecule has 0 radical (unpaired) electrons. The summed E-state index contributed by atoms with van der Waals surface area (Å²) in [5, 5.41) is 11.7. The van der Waals surface area contributed by atoms with E-state index in [1.165, 1.54) is 11.3 Å². The first-order chi connectivity index (χ1) is 8.06. The van der Waals surface area contributed by atoms with Crippen LogP contribution < -0.4 is 5.56 Å². The number of aromatic hydroxyl groups is 1. The molecule has 0 aliphatic carbocycles. The Labute approximate surface area is 101 Å². The number of hydrogen-bond acceptors (Lipinski definition) is 5. The molecule has 2 N–H and O–H groups in total. The molecule has 5 nitrogen and oxygen atoms in total. The molecule has 0 aliphatic heterocycles. The number of aromatic amines is 1. The van der Waals surface area contributed by atoms with Gasteiger partial charge in [-0.25, -0.2) is 4.79 Å². The quantitative estimate of drug-likeness (QED) is 0.799. The highest BCUT2D eigenvalue weighted by atomic mass is 32.1. The zero-order valence-electron chi connectivity index (χ0n) is 9.36. The van der Waals surface area contributed by atoms with Gasteiger partial charge in [-0.05, 0) is 24.8 Å². The summed E-state index contributed by atoms with van der Waals surface area (Å²) in [7, 11) is 0. The Kier molecular flexibility index (Phi) is 2.89. The van der Waals surface area contributed by atoms with Crippen LogP contribution >= 0.6 is 11.3 Å². The maximum Gasteiger partial charge on any atom is 0.347 e. The Morgan fingerprint density at radius 3 is 2.94 bits per heavy atom. The van der Waals surface area contributed by atoms with Crippen LogP contribution in [0.15, 0.2) is 10.2 Å². The molecule has 6 heteroatoms. The lowest BCUT2D eigenvalue weighted by Gasteiger charge is -2.04. The first kappa shape index (κ1) is 11.7. The Morgan fingerprint density at radius 1 is 1.59 bits per heavy atom. The SMILES string of the molecule is CCOC(=O)c1c(O)c2scc(C)c2[nH]c1=O. The van der Waals surface area contributed by atoms with Crippen molar-refractivity contribution in [1.82, 2.24) is 4.98 Å². The highest BCUT2D eigenvalue weighted by molar-refractivity contribution is 7.17. The zero-order chi connectivity index (χ0) is 12.6. The molecule has 2 aromatic heterocycles. The van der Waals surface area contributed by atoms with E-state index in [0.29, 0.717) is 10.2 Å². The van der Waals surface area contributed by atoms with E-state index in [-0.39, 0.29) is 17.9 Å². The molecular formula is C11H11NO4S. The van der Waals surface area contributed by atoms with Crippen molar-refractivity contribution in [2.24, 2.45) is 0 Å². The summed E-state index contributed by atoms with van der Waals surface area (Å²) < 4.78 is 5.22. The number of hydrogen-bond donors (Lipinski definition) is 2. The molecule has 2 heterocycles. The number of H-pyrrole nitrogens is 1. The van der Waals surface area contributed by atoms with Crippen LogP contribution in [-0.4, -0.2) is 22.7 Å². The Balaban J connectivity index is 2.73. The molecule has 0 aliphatic rings. The monoisotopic (exact) mass is 253 g/mol. The number of ether oxygens (including phenoxy) is 1. The predicted molar refractivity (Wildman–Crippen MR) is 64.8 cm³/mol. The van der Waals surface area contributed by atoms with Crippen LogP contribution in [0.25, 0.3) is 10.2 Å². The van der Waals surface area contributed by atoms with Crippen molar-refractivity contribution in [1.29, 1.82) is 0 Å². The molecule has 0 spiro atoms. The standard InChI is InChI=1S/C11H11NO4S/c1-3-16-11(15)6-8(13)9-7(12-10(6)14)5(2)4-17-9/h4H,3H2,1-2H3,(H2,12,13,14). The van der Waals surface area contributed by atoms with Crippen LogP contribution in [0.4, 0.5) is 0 Å². The summed E-state index contributed by atoms with van der Waals surface area (Å²) in [6, 6.07) is 0. The number of rotatable bonds is 2. The number of carbonyl (C=O) groups excluding carboxylic acids is 1. The number of pyridine rings is 1. The van der Waals surface area contributed by atoms with Gasteiger partial charge in [0.15, 0.2) is 11.3 Å². The minimum Gasteiger partial charge on any atom is -0.505 e. The lowest BCUT2D eigenvalue weighted by Crippen LogP contribution is -2.19. The van der Waals surface area contributed by atoms with Crippen LogP contribution in [-0.2, 0) is 4.74 Å². The van der Waals surface area contributed by atoms with Gasteiger partial charge in [0.25, 0.3) is 5.56 Å². The second-order valence-corrected chi connectivity index (χ2v) is 4.40. The van der Waals surface area contributed by atoms with Crippen LogP contribution in [0, 0.1) is 6.92 Å². The van der Waals surface area contributed by atoms with Crippen molar-refractivity contribution in [3.8, 4) is 5.75 Å². The Morgan fingerprint density at radius 2 is 2.29 bits per heavy atom. The summed E-state index contributed by atoms with van der Waals surface area (Å²) in [6.07, 6.45) is 0. The highest BCUT2D eigenvalue weighted by Crippen LogP contribution is 2.32. The van der Waals surface area contributed by atoms with E-state index in [9.17, 15) is 14.7 Å². The summed E-state index contributed by atoms with van der Waals surface area (Å²) in [6.45, 7) is 3.61. The Bertz CT molecular complexity index is 641. The van der Waals surface area contributed by atoms with Gasteiger partial charge in [0.2, 0.25) is 0 Å². The van der Waals surface area contributed by atoms with Gasteiger partial charge in [0.05, 0.1) is 16.8 Å². The van der Waals surface area contributed by atoms with Crippen molar-refractivity contribution >= 4 is 27.5 Å². The molecule has 2 aromatic rings. The van der Waals surface area contributed by atoms with Crippen molar-refractivity contribution < 1.29 is 14.6 Å². The van der Waals surface area contributed by atoms with Gasteiger partial charge in [0, 0.05) is 0 Å². The molecule has 0 fully saturated rings. The summed E-state index contributed by atoms with van der Waals surface area (Å²) in [4.78, 5) is 25.8. The number of fused-ring (bicyclic) bond motifs is 1. The molecular weight excluding hydrogens is 242 g/mol. The highest BCUT2D eigenvalue weighted by Gasteiger charge is 2.21. The average Bonchev–Trinajstić information content (AvgIpc) is 2.61. The summed E-state index contributed by atoms with van der Waals surface area (Å²) in [5.74, 6) is -1.11. The maximum atomic E-state index is 11.7. The number of esters is 1. The molecule has 0 amide bonds. The maximum absolute atomic E-state index is 11.7. The van der Waals surface area contributed by atoms with E-state index in [2.05, 4.69) is 4.98 Å². The van der Waals surface area contributed by atoms with Crippen LogP contribution in [0.5, 0.6) is 5.75 Å². The first-order valence-corrected chi connectivity index (χ1v) is 5.94. The van der Waals surface area contributed by atoms with Crippen molar-refractivity contribution in [3.05, 3.63) is 26.9 Å². The second-order valence-electron chi connectivity index (χ2n) is 3.52. The van der Waals surface area contributed by atoms with Gasteiger partial charge in [-0.2, -0.15) is 0 Å². The van der Waals surface area contributed by atoms with Crippen molar-refractivity contribution in [3.63, 3.8) is 0 Å². The molecule has 2 rings (SSSR count). The van der Waals surface area contributed by atoms with E-state index in [0.717, 1.165) is 5.56 Å². The van der Waals surface area contributed by atoms with Crippen LogP contribution in [0.3, 0.4) is 0 Å². The summed E-state index contributed by atoms with van der Waals surface area (Å²) >= 11 is 1.27. The predicted octanol–water partition coefficient (Wildman–Crippen LogP) is 1.78. The third kappa shape index (κ3) is 1.80. The normalized spacial score (nSPS) is 10.7. The fraction of sp³-hybridized carbons (Fsp3) is 0.273. The molecule has 0 unspecified atom stereocenters. The molecule has 0 aromatic carbocycles. The van der Waals surface area contributed by atoms with E-state index in [1.54, 1.807) is 12.3 Å². The third-order valence-corrected chi connectivity index (χ3v) is 3.48. The number of nitrogens with one attached hydrogen (secondary N) is 1. The third-order valence-electron chi connectivity index (χ3n) is 2.37. The van der Waals surface area contributed by atoms with Gasteiger partial charge >= 0.3 is 5.97 Å². The minimum atomic E-state index is -0.806.